The molecule has 5 nitrogen and oxygen atoms in total. The van der Waals surface area contributed by atoms with Crippen molar-refractivity contribution in [1.82, 2.24) is 0 Å². The highest BCUT2D eigenvalue weighted by molar-refractivity contribution is 5.84. The van der Waals surface area contributed by atoms with E-state index >= 15 is 0 Å². The molecule has 0 aliphatic rings. The maximum absolute atomic E-state index is 10.8. The molecule has 0 atom stereocenters. The van der Waals surface area contributed by atoms with Crippen LogP contribution in [-0.2, 0) is 4.74 Å². The second-order valence-corrected chi connectivity index (χ2v) is 2.59. The topological polar surface area (TPSA) is 71.3 Å². The van der Waals surface area contributed by atoms with Crippen molar-refractivity contribution in [3.8, 4) is 11.8 Å². The zero-order valence-electron chi connectivity index (χ0n) is 8.19. The van der Waals surface area contributed by atoms with Crippen molar-refractivity contribution in [1.29, 1.82) is 5.26 Å². The van der Waals surface area contributed by atoms with E-state index in [-0.39, 0.29) is 6.61 Å². The van der Waals surface area contributed by atoms with Crippen LogP contribution < -0.4 is 10.1 Å². The van der Waals surface area contributed by atoms with Gasteiger partial charge in [0.2, 0.25) is 0 Å². The number of carbonyl (C=O) groups is 1. The molecule has 0 saturated carbocycles. The molecule has 1 rings (SSSR count). The second-order valence-electron chi connectivity index (χ2n) is 2.59. The fourth-order valence-corrected chi connectivity index (χ4v) is 0.919. The Morgan fingerprint density at radius 1 is 1.47 bits per heavy atom. The zero-order chi connectivity index (χ0) is 11.1. The summed E-state index contributed by atoms with van der Waals surface area (Å²) in [5.41, 5.74) is 0.603. The molecule has 5 heteroatoms. The van der Waals surface area contributed by atoms with Crippen molar-refractivity contribution in [3.63, 3.8) is 0 Å². The van der Waals surface area contributed by atoms with Crippen LogP contribution in [0.3, 0.4) is 0 Å². The number of carbonyl (C=O) groups excluding carboxylic acids is 1. The largest absolute Gasteiger partial charge is 0.479 e. The summed E-state index contributed by atoms with van der Waals surface area (Å²) < 4.78 is 9.46. The number of nitrogens with one attached hydrogen (secondary N) is 1. The summed E-state index contributed by atoms with van der Waals surface area (Å²) in [6.07, 6.45) is -0.527. The van der Waals surface area contributed by atoms with Crippen molar-refractivity contribution in [2.24, 2.45) is 0 Å². The van der Waals surface area contributed by atoms with Crippen LogP contribution in [0.15, 0.2) is 24.3 Å². The van der Waals surface area contributed by atoms with Crippen LogP contribution in [0.2, 0.25) is 0 Å². The minimum absolute atomic E-state index is 0.00375. The maximum atomic E-state index is 10.8. The van der Waals surface area contributed by atoms with Gasteiger partial charge in [-0.05, 0) is 24.3 Å². The highest BCUT2D eigenvalue weighted by Gasteiger charge is 2.00. The number of methoxy groups -OCH3 is 1. The Bertz CT molecular complexity index is 367. The van der Waals surface area contributed by atoms with Gasteiger partial charge in [0.25, 0.3) is 0 Å². The van der Waals surface area contributed by atoms with Gasteiger partial charge in [-0.25, -0.2) is 4.79 Å². The minimum Gasteiger partial charge on any atom is -0.479 e. The average molecular weight is 206 g/mol. The quantitative estimate of drug-likeness (QED) is 0.818. The molecule has 1 aromatic carbocycles. The Kier molecular flexibility index (Phi) is 3.98. The first kappa shape index (κ1) is 10.9. The average Bonchev–Trinajstić information content (AvgIpc) is 2.28. The first-order chi connectivity index (χ1) is 7.26. The molecule has 1 N–H and O–H groups in total. The van der Waals surface area contributed by atoms with Crippen molar-refractivity contribution in [3.05, 3.63) is 24.3 Å². The van der Waals surface area contributed by atoms with Gasteiger partial charge in [0.15, 0.2) is 6.61 Å². The van der Waals surface area contributed by atoms with E-state index in [0.29, 0.717) is 11.4 Å². The van der Waals surface area contributed by atoms with Gasteiger partial charge < -0.3 is 9.47 Å². The zero-order valence-corrected chi connectivity index (χ0v) is 8.19. The van der Waals surface area contributed by atoms with Gasteiger partial charge in [0, 0.05) is 5.69 Å². The lowest BCUT2D eigenvalue weighted by Crippen LogP contribution is -2.10. The van der Waals surface area contributed by atoms with Crippen molar-refractivity contribution >= 4 is 11.8 Å². The molecule has 0 saturated heterocycles. The summed E-state index contributed by atoms with van der Waals surface area (Å²) in [5, 5.41) is 10.8. The van der Waals surface area contributed by atoms with Crippen LogP contribution in [0.1, 0.15) is 0 Å². The number of hydrogen-bond acceptors (Lipinski definition) is 4. The van der Waals surface area contributed by atoms with E-state index in [1.165, 1.54) is 7.11 Å². The van der Waals surface area contributed by atoms with E-state index in [2.05, 4.69) is 10.1 Å². The summed E-state index contributed by atoms with van der Waals surface area (Å²) in [5.74, 6) is 0.576. The van der Waals surface area contributed by atoms with E-state index in [4.69, 9.17) is 10.00 Å². The third kappa shape index (κ3) is 3.56. The molecule has 1 aromatic rings. The van der Waals surface area contributed by atoms with Gasteiger partial charge >= 0.3 is 6.09 Å². The third-order valence-corrected chi connectivity index (χ3v) is 1.59. The van der Waals surface area contributed by atoms with Gasteiger partial charge in [-0.3, -0.25) is 5.32 Å². The Hall–Kier alpha value is -2.22. The Balaban J connectivity index is 2.57. The Labute approximate surface area is 87.2 Å². The smallest absolute Gasteiger partial charge is 0.411 e. The van der Waals surface area contributed by atoms with Crippen LogP contribution in [0.5, 0.6) is 5.75 Å². The lowest BCUT2D eigenvalue weighted by Gasteiger charge is -2.05. The Morgan fingerprint density at radius 2 is 2.13 bits per heavy atom. The second kappa shape index (κ2) is 5.50. The molecule has 0 heterocycles. The van der Waals surface area contributed by atoms with Crippen LogP contribution in [0.25, 0.3) is 0 Å². The summed E-state index contributed by atoms with van der Waals surface area (Å²) in [6, 6.07) is 8.48. The van der Waals surface area contributed by atoms with Gasteiger partial charge in [0.1, 0.15) is 11.8 Å². The van der Waals surface area contributed by atoms with E-state index < -0.39 is 6.09 Å². The number of benzene rings is 1. The van der Waals surface area contributed by atoms with Crippen LogP contribution in [0, 0.1) is 11.3 Å². The van der Waals surface area contributed by atoms with E-state index in [1.807, 2.05) is 6.07 Å². The van der Waals surface area contributed by atoms with Gasteiger partial charge in [0.05, 0.1) is 7.11 Å². The summed E-state index contributed by atoms with van der Waals surface area (Å²) in [4.78, 5) is 10.8. The van der Waals surface area contributed by atoms with Crippen molar-refractivity contribution in [2.45, 2.75) is 0 Å². The number of amides is 1. The fraction of sp³-hybridized carbons (Fsp3) is 0.200. The number of rotatable bonds is 3. The molecule has 0 spiro atoms. The first-order valence-corrected chi connectivity index (χ1v) is 4.21. The summed E-state index contributed by atoms with van der Waals surface area (Å²) in [7, 11) is 1.29. The predicted octanol–water partition coefficient (Wildman–Crippen LogP) is 1.77. The number of hydrogen-bond donors (Lipinski definition) is 1. The van der Waals surface area contributed by atoms with Gasteiger partial charge in [-0.15, -0.1) is 0 Å². The highest BCUT2D eigenvalue weighted by Crippen LogP contribution is 2.15. The molecule has 0 fully saturated rings. The molecule has 0 aromatic heterocycles. The van der Waals surface area contributed by atoms with E-state index in [9.17, 15) is 4.79 Å². The molecule has 15 heavy (non-hydrogen) atoms. The monoisotopic (exact) mass is 206 g/mol. The normalized spacial score (nSPS) is 8.80. The van der Waals surface area contributed by atoms with Gasteiger partial charge in [-0.1, -0.05) is 0 Å². The van der Waals surface area contributed by atoms with Crippen LogP contribution >= 0.6 is 0 Å². The number of anilines is 1. The van der Waals surface area contributed by atoms with Gasteiger partial charge in [-0.2, -0.15) is 5.26 Å². The highest BCUT2D eigenvalue weighted by atomic mass is 16.5. The number of ether oxygens (including phenoxy) is 2. The lowest BCUT2D eigenvalue weighted by molar-refractivity contribution is 0.187. The van der Waals surface area contributed by atoms with Crippen LogP contribution in [0.4, 0.5) is 10.5 Å². The molecule has 0 radical (unpaired) electrons. The van der Waals surface area contributed by atoms with Crippen LogP contribution in [-0.4, -0.2) is 19.8 Å². The maximum Gasteiger partial charge on any atom is 0.411 e. The molecular weight excluding hydrogens is 196 g/mol. The minimum atomic E-state index is -0.527. The SMILES string of the molecule is COC(=O)Nc1ccc(OCC#N)cc1. The van der Waals surface area contributed by atoms with Crippen molar-refractivity contribution in [2.75, 3.05) is 19.0 Å². The molecule has 0 unspecified atom stereocenters. The van der Waals surface area contributed by atoms with Crippen molar-refractivity contribution < 1.29 is 14.3 Å². The standard InChI is InChI=1S/C10H10N2O3/c1-14-10(13)12-8-2-4-9(5-3-8)15-7-6-11/h2-5H,7H2,1H3,(H,12,13). The predicted molar refractivity (Wildman–Crippen MR) is 53.6 cm³/mol. The molecule has 1 amide bonds. The molecule has 0 aliphatic heterocycles. The fourth-order valence-electron chi connectivity index (χ4n) is 0.919. The molecule has 0 aliphatic carbocycles. The molecule has 0 bridgehead atoms. The molecular formula is C10H10N2O3. The van der Waals surface area contributed by atoms with E-state index in [1.54, 1.807) is 24.3 Å². The lowest BCUT2D eigenvalue weighted by atomic mass is 10.3. The number of nitriles is 1. The summed E-state index contributed by atoms with van der Waals surface area (Å²) in [6.45, 7) is 0.00375. The van der Waals surface area contributed by atoms with E-state index in [0.717, 1.165) is 0 Å². The Morgan fingerprint density at radius 3 is 2.67 bits per heavy atom. The first-order valence-electron chi connectivity index (χ1n) is 4.21. The number of nitrogens with zero attached hydrogens (tertiary/aromatic N) is 1. The summed E-state index contributed by atoms with van der Waals surface area (Å²) >= 11 is 0. The molecule has 78 valence electrons. The third-order valence-electron chi connectivity index (χ3n) is 1.59.